The smallest absolute Gasteiger partial charge is 0.317 e. The number of carbonyl (C=O) groups excluding carboxylic acids is 1. The standard InChI is InChI=1S/C16H30N2O3/c1-13(2)5-3-4-10-17-16(21)18-11-8-14(9-12-18)6-7-15(19)20/h13-14H,3-12H2,1-2H3,(H,17,21)(H,19,20). The van der Waals surface area contributed by atoms with E-state index in [0.29, 0.717) is 5.92 Å². The second-order valence-corrected chi connectivity index (χ2v) is 6.48. The SMILES string of the molecule is CC(C)CCCCNC(=O)N1CCC(CCC(=O)O)CC1. The van der Waals surface area contributed by atoms with E-state index in [1.54, 1.807) is 0 Å². The molecule has 0 aromatic rings. The highest BCUT2D eigenvalue weighted by atomic mass is 16.4. The largest absolute Gasteiger partial charge is 0.481 e. The number of rotatable bonds is 8. The molecular weight excluding hydrogens is 268 g/mol. The maximum Gasteiger partial charge on any atom is 0.317 e. The van der Waals surface area contributed by atoms with Crippen LogP contribution in [0.2, 0.25) is 0 Å². The lowest BCUT2D eigenvalue weighted by atomic mass is 9.92. The maximum atomic E-state index is 12.0. The van der Waals surface area contributed by atoms with E-state index < -0.39 is 5.97 Å². The molecule has 2 amide bonds. The number of nitrogens with one attached hydrogen (secondary N) is 1. The van der Waals surface area contributed by atoms with E-state index >= 15 is 0 Å². The number of carboxylic acids is 1. The molecule has 0 saturated carbocycles. The van der Waals surface area contributed by atoms with E-state index in [0.717, 1.165) is 57.7 Å². The van der Waals surface area contributed by atoms with Crippen LogP contribution in [0.5, 0.6) is 0 Å². The lowest BCUT2D eigenvalue weighted by Crippen LogP contribution is -2.44. The molecule has 1 fully saturated rings. The van der Waals surface area contributed by atoms with Crippen molar-refractivity contribution < 1.29 is 14.7 Å². The minimum absolute atomic E-state index is 0.0382. The van der Waals surface area contributed by atoms with Crippen molar-refractivity contribution in [3.63, 3.8) is 0 Å². The van der Waals surface area contributed by atoms with Gasteiger partial charge in [-0.25, -0.2) is 4.79 Å². The molecule has 1 aliphatic rings. The molecule has 1 saturated heterocycles. The third-order valence-corrected chi connectivity index (χ3v) is 4.15. The molecule has 1 aliphatic heterocycles. The Bertz CT molecular complexity index is 323. The summed E-state index contributed by atoms with van der Waals surface area (Å²) < 4.78 is 0. The number of nitrogens with zero attached hydrogens (tertiary/aromatic N) is 1. The molecule has 0 unspecified atom stereocenters. The summed E-state index contributed by atoms with van der Waals surface area (Å²) >= 11 is 0. The van der Waals surface area contributed by atoms with Crippen LogP contribution in [0.1, 0.15) is 58.8 Å². The number of amides is 2. The van der Waals surface area contributed by atoms with Gasteiger partial charge >= 0.3 is 12.0 Å². The van der Waals surface area contributed by atoms with Crippen molar-refractivity contribution in [3.05, 3.63) is 0 Å². The number of aliphatic carboxylic acids is 1. The summed E-state index contributed by atoms with van der Waals surface area (Å²) in [5.74, 6) is 0.457. The quantitative estimate of drug-likeness (QED) is 0.676. The maximum absolute atomic E-state index is 12.0. The number of carbonyl (C=O) groups is 2. The van der Waals surface area contributed by atoms with Crippen molar-refractivity contribution in [1.29, 1.82) is 0 Å². The van der Waals surface area contributed by atoms with Gasteiger partial charge in [-0.15, -0.1) is 0 Å². The first-order chi connectivity index (χ1) is 9.99. The van der Waals surface area contributed by atoms with Crippen LogP contribution >= 0.6 is 0 Å². The third-order valence-electron chi connectivity index (χ3n) is 4.15. The molecule has 1 rings (SSSR count). The molecule has 0 radical (unpaired) electrons. The van der Waals surface area contributed by atoms with E-state index in [1.807, 2.05) is 4.90 Å². The van der Waals surface area contributed by atoms with E-state index in [1.165, 1.54) is 6.42 Å². The zero-order valence-electron chi connectivity index (χ0n) is 13.4. The number of piperidine rings is 1. The van der Waals surface area contributed by atoms with Crippen molar-refractivity contribution >= 4 is 12.0 Å². The van der Waals surface area contributed by atoms with Gasteiger partial charge in [0.05, 0.1) is 0 Å². The normalized spacial score (nSPS) is 16.2. The zero-order valence-corrected chi connectivity index (χ0v) is 13.4. The Balaban J connectivity index is 2.10. The Morgan fingerprint density at radius 1 is 1.24 bits per heavy atom. The molecule has 5 heteroatoms. The summed E-state index contributed by atoms with van der Waals surface area (Å²) in [4.78, 5) is 24.4. The number of hydrogen-bond donors (Lipinski definition) is 2. The van der Waals surface area contributed by atoms with Crippen molar-refractivity contribution in [1.82, 2.24) is 10.2 Å². The van der Waals surface area contributed by atoms with Gasteiger partial charge in [-0.2, -0.15) is 0 Å². The summed E-state index contributed by atoms with van der Waals surface area (Å²) in [5.41, 5.74) is 0. The van der Waals surface area contributed by atoms with Crippen LogP contribution < -0.4 is 5.32 Å². The molecule has 0 aromatic carbocycles. The summed E-state index contributed by atoms with van der Waals surface area (Å²) in [7, 11) is 0. The van der Waals surface area contributed by atoms with Gasteiger partial charge in [0.25, 0.3) is 0 Å². The Labute approximate surface area is 128 Å². The predicted molar refractivity (Wildman–Crippen MR) is 83.3 cm³/mol. The van der Waals surface area contributed by atoms with E-state index in [9.17, 15) is 9.59 Å². The average molecular weight is 298 g/mol. The second kappa shape index (κ2) is 9.64. The highest BCUT2D eigenvalue weighted by Crippen LogP contribution is 2.21. The Kier molecular flexibility index (Phi) is 8.16. The molecule has 5 nitrogen and oxygen atoms in total. The Hall–Kier alpha value is -1.26. The molecule has 21 heavy (non-hydrogen) atoms. The lowest BCUT2D eigenvalue weighted by molar-refractivity contribution is -0.137. The van der Waals surface area contributed by atoms with Gasteiger partial charge in [0.2, 0.25) is 0 Å². The number of unbranched alkanes of at least 4 members (excludes halogenated alkanes) is 1. The molecule has 0 spiro atoms. The topological polar surface area (TPSA) is 69.6 Å². The van der Waals surface area contributed by atoms with Crippen LogP contribution in [0.3, 0.4) is 0 Å². The number of urea groups is 1. The van der Waals surface area contributed by atoms with Crippen LogP contribution in [-0.4, -0.2) is 41.6 Å². The fourth-order valence-electron chi connectivity index (χ4n) is 2.74. The Morgan fingerprint density at radius 3 is 2.48 bits per heavy atom. The summed E-state index contributed by atoms with van der Waals surface area (Å²) in [5, 5.41) is 11.7. The monoisotopic (exact) mass is 298 g/mol. The molecule has 0 atom stereocenters. The summed E-state index contributed by atoms with van der Waals surface area (Å²) in [6, 6.07) is 0.0382. The molecule has 2 N–H and O–H groups in total. The Morgan fingerprint density at radius 2 is 1.90 bits per heavy atom. The summed E-state index contributed by atoms with van der Waals surface area (Å²) in [6.45, 7) is 6.69. The van der Waals surface area contributed by atoms with Gasteiger partial charge in [0.15, 0.2) is 0 Å². The van der Waals surface area contributed by atoms with Crippen molar-refractivity contribution in [2.45, 2.75) is 58.8 Å². The average Bonchev–Trinajstić information content (AvgIpc) is 2.44. The van der Waals surface area contributed by atoms with Crippen LogP contribution in [0, 0.1) is 11.8 Å². The highest BCUT2D eigenvalue weighted by molar-refractivity contribution is 5.74. The van der Waals surface area contributed by atoms with E-state index in [2.05, 4.69) is 19.2 Å². The van der Waals surface area contributed by atoms with Crippen LogP contribution in [0.15, 0.2) is 0 Å². The van der Waals surface area contributed by atoms with Gasteiger partial charge in [0, 0.05) is 26.1 Å². The van der Waals surface area contributed by atoms with Gasteiger partial charge in [-0.05, 0) is 37.5 Å². The van der Waals surface area contributed by atoms with Gasteiger partial charge in [-0.3, -0.25) is 4.79 Å². The van der Waals surface area contributed by atoms with Crippen LogP contribution in [-0.2, 0) is 4.79 Å². The fourth-order valence-corrected chi connectivity index (χ4v) is 2.74. The first kappa shape index (κ1) is 17.8. The number of likely N-dealkylation sites (tertiary alicyclic amines) is 1. The predicted octanol–water partition coefficient (Wildman–Crippen LogP) is 3.10. The van der Waals surface area contributed by atoms with Gasteiger partial charge in [-0.1, -0.05) is 26.7 Å². The second-order valence-electron chi connectivity index (χ2n) is 6.48. The van der Waals surface area contributed by atoms with E-state index in [4.69, 9.17) is 5.11 Å². The van der Waals surface area contributed by atoms with Gasteiger partial charge < -0.3 is 15.3 Å². The molecule has 122 valence electrons. The highest BCUT2D eigenvalue weighted by Gasteiger charge is 2.22. The van der Waals surface area contributed by atoms with E-state index in [-0.39, 0.29) is 12.5 Å². The minimum Gasteiger partial charge on any atom is -0.481 e. The third kappa shape index (κ3) is 7.93. The zero-order chi connectivity index (χ0) is 15.7. The molecule has 0 aliphatic carbocycles. The van der Waals surface area contributed by atoms with Crippen molar-refractivity contribution in [2.24, 2.45) is 11.8 Å². The molecular formula is C16H30N2O3. The van der Waals surface area contributed by atoms with Crippen LogP contribution in [0.4, 0.5) is 4.79 Å². The molecule has 0 bridgehead atoms. The van der Waals surface area contributed by atoms with Crippen molar-refractivity contribution in [2.75, 3.05) is 19.6 Å². The fraction of sp³-hybridized carbons (Fsp3) is 0.875. The minimum atomic E-state index is -0.725. The number of carboxylic acid groups (broad SMARTS) is 1. The van der Waals surface area contributed by atoms with Gasteiger partial charge in [0.1, 0.15) is 0 Å². The summed E-state index contributed by atoms with van der Waals surface area (Å²) in [6.07, 6.45) is 6.24. The lowest BCUT2D eigenvalue weighted by Gasteiger charge is -2.31. The number of hydrogen-bond acceptors (Lipinski definition) is 2. The van der Waals surface area contributed by atoms with Crippen LogP contribution in [0.25, 0.3) is 0 Å². The molecule has 1 heterocycles. The first-order valence-corrected chi connectivity index (χ1v) is 8.23. The first-order valence-electron chi connectivity index (χ1n) is 8.23. The van der Waals surface area contributed by atoms with Crippen molar-refractivity contribution in [3.8, 4) is 0 Å². The molecule has 0 aromatic heterocycles.